The fourth-order valence-electron chi connectivity index (χ4n) is 3.96. The predicted molar refractivity (Wildman–Crippen MR) is 123 cm³/mol. The lowest BCUT2D eigenvalue weighted by atomic mass is 9.90. The van der Waals surface area contributed by atoms with E-state index < -0.39 is 11.2 Å². The van der Waals surface area contributed by atoms with Crippen molar-refractivity contribution in [2.75, 3.05) is 17.2 Å². The maximum Gasteiger partial charge on any atom is 0.330 e. The standard InChI is InChI=1S/C22H32N4O3S/c1-5-6-9-25-19(23)18(20(27)24-22(25)29)26(12-13(2)3)21(28)17-11-15-10-14(4)7-8-16(15)30-17/h11,13-14H,5-10,12,23H2,1-4H3,(H,24,27,29). The van der Waals surface area contributed by atoms with Gasteiger partial charge in [0, 0.05) is 18.0 Å². The molecule has 2 aromatic heterocycles. The summed E-state index contributed by atoms with van der Waals surface area (Å²) in [6.07, 6.45) is 4.74. The molecule has 1 amide bonds. The molecule has 1 unspecified atom stereocenters. The summed E-state index contributed by atoms with van der Waals surface area (Å²) in [6, 6.07) is 1.98. The second-order valence-corrected chi connectivity index (χ2v) is 9.85. The van der Waals surface area contributed by atoms with Gasteiger partial charge in [0.05, 0.1) is 4.88 Å². The van der Waals surface area contributed by atoms with E-state index in [2.05, 4.69) is 11.9 Å². The van der Waals surface area contributed by atoms with Crippen LogP contribution in [-0.2, 0) is 19.4 Å². The Hall–Kier alpha value is -2.35. The molecule has 7 nitrogen and oxygen atoms in total. The Morgan fingerprint density at radius 1 is 1.40 bits per heavy atom. The lowest BCUT2D eigenvalue weighted by Crippen LogP contribution is -2.42. The molecule has 2 heterocycles. The van der Waals surface area contributed by atoms with Gasteiger partial charge >= 0.3 is 5.69 Å². The lowest BCUT2D eigenvalue weighted by molar-refractivity contribution is 0.0987. The maximum absolute atomic E-state index is 13.5. The number of anilines is 2. The first kappa shape index (κ1) is 22.3. The molecule has 0 spiro atoms. The van der Waals surface area contributed by atoms with Gasteiger partial charge in [-0.1, -0.05) is 34.1 Å². The molecule has 3 rings (SSSR count). The van der Waals surface area contributed by atoms with Crippen molar-refractivity contribution in [3.63, 3.8) is 0 Å². The molecular formula is C22H32N4O3S. The van der Waals surface area contributed by atoms with Crippen LogP contribution in [0.15, 0.2) is 15.7 Å². The maximum atomic E-state index is 13.5. The largest absolute Gasteiger partial charge is 0.383 e. The number of nitrogens with zero attached hydrogens (tertiary/aromatic N) is 2. The minimum Gasteiger partial charge on any atom is -0.383 e. The van der Waals surface area contributed by atoms with E-state index in [-0.39, 0.29) is 23.3 Å². The van der Waals surface area contributed by atoms with E-state index in [4.69, 9.17) is 5.73 Å². The number of thiophene rings is 1. The molecule has 0 bridgehead atoms. The number of unbranched alkanes of at least 4 members (excludes halogenated alkanes) is 1. The van der Waals surface area contributed by atoms with Gasteiger partial charge in [-0.2, -0.15) is 0 Å². The topological polar surface area (TPSA) is 101 Å². The third-order valence-corrected chi connectivity index (χ3v) is 6.78. The molecule has 0 saturated heterocycles. The summed E-state index contributed by atoms with van der Waals surface area (Å²) in [5.41, 5.74) is 6.45. The Balaban J connectivity index is 2.06. The monoisotopic (exact) mass is 432 g/mol. The predicted octanol–water partition coefficient (Wildman–Crippen LogP) is 3.41. The van der Waals surface area contributed by atoms with Crippen molar-refractivity contribution in [1.29, 1.82) is 0 Å². The van der Waals surface area contributed by atoms with Crippen LogP contribution in [0.3, 0.4) is 0 Å². The zero-order valence-corrected chi connectivity index (χ0v) is 19.1. The number of hydrogen-bond acceptors (Lipinski definition) is 5. The van der Waals surface area contributed by atoms with E-state index in [1.54, 1.807) is 0 Å². The number of nitrogens with one attached hydrogen (secondary N) is 1. The van der Waals surface area contributed by atoms with E-state index in [1.165, 1.54) is 31.2 Å². The van der Waals surface area contributed by atoms with Crippen molar-refractivity contribution in [3.8, 4) is 0 Å². The summed E-state index contributed by atoms with van der Waals surface area (Å²) in [4.78, 5) is 44.3. The van der Waals surface area contributed by atoms with Crippen LogP contribution >= 0.6 is 11.3 Å². The first-order chi connectivity index (χ1) is 14.2. The van der Waals surface area contributed by atoms with Gasteiger partial charge in [-0.05, 0) is 49.1 Å². The molecule has 30 heavy (non-hydrogen) atoms. The van der Waals surface area contributed by atoms with Crippen molar-refractivity contribution >= 4 is 28.7 Å². The minimum atomic E-state index is -0.616. The van der Waals surface area contributed by atoms with E-state index in [0.29, 0.717) is 23.9 Å². The van der Waals surface area contributed by atoms with Crippen molar-refractivity contribution in [3.05, 3.63) is 42.2 Å². The van der Waals surface area contributed by atoms with Crippen LogP contribution in [0.2, 0.25) is 0 Å². The van der Waals surface area contributed by atoms with Crippen LogP contribution in [-0.4, -0.2) is 22.0 Å². The number of nitrogens with two attached hydrogens (primary N) is 1. The van der Waals surface area contributed by atoms with Crippen molar-refractivity contribution < 1.29 is 4.79 Å². The first-order valence-corrected chi connectivity index (χ1v) is 11.6. The number of aromatic amines is 1. The highest BCUT2D eigenvalue weighted by atomic mass is 32.1. The smallest absolute Gasteiger partial charge is 0.330 e. The number of carbonyl (C=O) groups is 1. The Kier molecular flexibility index (Phi) is 6.85. The fraction of sp³-hybridized carbons (Fsp3) is 0.591. The summed E-state index contributed by atoms with van der Waals surface area (Å²) in [7, 11) is 0. The SMILES string of the molecule is CCCCn1c(N)c(N(CC(C)C)C(=O)c2cc3c(s2)CCC(C)C3)c(=O)[nH]c1=O. The Bertz CT molecular complexity index is 1030. The summed E-state index contributed by atoms with van der Waals surface area (Å²) in [5.74, 6) is 0.565. The Labute approximate surface area is 180 Å². The molecule has 1 aliphatic rings. The Morgan fingerprint density at radius 2 is 2.13 bits per heavy atom. The van der Waals surface area contributed by atoms with Crippen LogP contribution in [0, 0.1) is 11.8 Å². The van der Waals surface area contributed by atoms with Crippen LogP contribution in [0.4, 0.5) is 11.5 Å². The van der Waals surface area contributed by atoms with Gasteiger partial charge in [-0.15, -0.1) is 11.3 Å². The second kappa shape index (κ2) is 9.20. The quantitative estimate of drug-likeness (QED) is 0.700. The van der Waals surface area contributed by atoms with E-state index >= 15 is 0 Å². The van der Waals surface area contributed by atoms with Gasteiger partial charge in [-0.3, -0.25) is 24.0 Å². The molecule has 0 saturated carbocycles. The van der Waals surface area contributed by atoms with Crippen LogP contribution in [0.25, 0.3) is 0 Å². The van der Waals surface area contributed by atoms with Crippen LogP contribution < -0.4 is 21.9 Å². The third-order valence-electron chi connectivity index (χ3n) is 5.55. The molecule has 0 radical (unpaired) electrons. The van der Waals surface area contributed by atoms with Gasteiger partial charge in [0.1, 0.15) is 5.82 Å². The molecule has 0 fully saturated rings. The zero-order valence-electron chi connectivity index (χ0n) is 18.3. The van der Waals surface area contributed by atoms with E-state index in [1.807, 2.05) is 26.8 Å². The highest BCUT2D eigenvalue weighted by Gasteiger charge is 2.28. The number of hydrogen-bond donors (Lipinski definition) is 2. The average Bonchev–Trinajstić information content (AvgIpc) is 3.09. The van der Waals surface area contributed by atoms with Gasteiger partial charge < -0.3 is 5.73 Å². The van der Waals surface area contributed by atoms with Gasteiger partial charge in [0.15, 0.2) is 5.69 Å². The van der Waals surface area contributed by atoms with Gasteiger partial charge in [-0.25, -0.2) is 4.79 Å². The molecule has 2 aromatic rings. The molecule has 1 aliphatic carbocycles. The van der Waals surface area contributed by atoms with Gasteiger partial charge in [0.2, 0.25) is 0 Å². The van der Waals surface area contributed by atoms with Crippen molar-refractivity contribution in [2.45, 2.75) is 66.3 Å². The van der Waals surface area contributed by atoms with Gasteiger partial charge in [0.25, 0.3) is 11.5 Å². The van der Waals surface area contributed by atoms with Crippen molar-refractivity contribution in [2.24, 2.45) is 11.8 Å². The molecule has 0 aromatic carbocycles. The van der Waals surface area contributed by atoms with Crippen LogP contribution in [0.5, 0.6) is 0 Å². The molecule has 0 aliphatic heterocycles. The Morgan fingerprint density at radius 3 is 2.80 bits per heavy atom. The van der Waals surface area contributed by atoms with Crippen LogP contribution in [0.1, 0.15) is 67.1 Å². The minimum absolute atomic E-state index is 0.0566. The molecule has 1 atom stereocenters. The number of fused-ring (bicyclic) bond motifs is 1. The number of nitrogen functional groups attached to an aromatic ring is 1. The molecule has 3 N–H and O–H groups in total. The summed E-state index contributed by atoms with van der Waals surface area (Å²) >= 11 is 1.52. The number of aromatic nitrogens is 2. The lowest BCUT2D eigenvalue weighted by Gasteiger charge is -2.25. The molecule has 164 valence electrons. The van der Waals surface area contributed by atoms with E-state index in [9.17, 15) is 14.4 Å². The zero-order chi connectivity index (χ0) is 22.0. The normalized spacial score (nSPS) is 16.0. The number of amides is 1. The number of rotatable bonds is 7. The third kappa shape index (κ3) is 4.53. The van der Waals surface area contributed by atoms with Crippen molar-refractivity contribution in [1.82, 2.24) is 9.55 Å². The average molecular weight is 433 g/mol. The number of aryl methyl sites for hydroxylation is 1. The van der Waals surface area contributed by atoms with E-state index in [0.717, 1.165) is 32.1 Å². The second-order valence-electron chi connectivity index (χ2n) is 8.71. The number of carbonyl (C=O) groups excluding carboxylic acids is 1. The highest BCUT2D eigenvalue weighted by Crippen LogP contribution is 2.33. The summed E-state index contributed by atoms with van der Waals surface area (Å²) in [5, 5.41) is 0. The first-order valence-electron chi connectivity index (χ1n) is 10.8. The summed E-state index contributed by atoms with van der Waals surface area (Å²) < 4.78 is 1.36. The fourth-order valence-corrected chi connectivity index (χ4v) is 5.12. The molecule has 8 heteroatoms. The summed E-state index contributed by atoms with van der Waals surface area (Å²) in [6.45, 7) is 8.96. The number of H-pyrrole nitrogens is 1. The highest BCUT2D eigenvalue weighted by molar-refractivity contribution is 7.14. The molecular weight excluding hydrogens is 400 g/mol.